The van der Waals surface area contributed by atoms with E-state index in [0.717, 1.165) is 18.5 Å². The van der Waals surface area contributed by atoms with Crippen molar-refractivity contribution in [2.75, 3.05) is 13.3 Å². The van der Waals surface area contributed by atoms with Crippen molar-refractivity contribution in [1.29, 1.82) is 0 Å². The summed E-state index contributed by atoms with van der Waals surface area (Å²) in [5.74, 6) is 0.247. The number of hydrogen-bond acceptors (Lipinski definition) is 4. The number of thioether (sulfide) groups is 1. The van der Waals surface area contributed by atoms with Gasteiger partial charge >= 0.3 is 0 Å². The third-order valence-corrected chi connectivity index (χ3v) is 4.64. The molecule has 0 unspecified atom stereocenters. The van der Waals surface area contributed by atoms with E-state index < -0.39 is 0 Å². The van der Waals surface area contributed by atoms with Crippen LogP contribution in [0.3, 0.4) is 0 Å². The van der Waals surface area contributed by atoms with Crippen molar-refractivity contribution >= 4 is 28.5 Å². The van der Waals surface area contributed by atoms with Gasteiger partial charge in [-0.3, -0.25) is 4.90 Å². The van der Waals surface area contributed by atoms with Crippen molar-refractivity contribution in [3.05, 3.63) is 34.6 Å². The molecule has 1 saturated carbocycles. The fraction of sp³-hybridized carbons (Fsp3) is 0.462. The molecule has 1 aliphatic heterocycles. The molecule has 1 aliphatic carbocycles. The normalized spacial score (nSPS) is 20.0. The van der Waals surface area contributed by atoms with Crippen LogP contribution in [-0.2, 0) is 5.75 Å². The van der Waals surface area contributed by atoms with Gasteiger partial charge in [0.1, 0.15) is 5.82 Å². The molecule has 1 N–H and O–H groups in total. The van der Waals surface area contributed by atoms with Crippen LogP contribution in [-0.4, -0.2) is 29.4 Å². The van der Waals surface area contributed by atoms with Gasteiger partial charge in [0.05, 0.1) is 13.3 Å². The maximum absolute atomic E-state index is 13.6. The molecular formula is C13H15ClFN3S. The summed E-state index contributed by atoms with van der Waals surface area (Å²) < 4.78 is 13.6. The van der Waals surface area contributed by atoms with Crippen LogP contribution in [0, 0.1) is 5.82 Å². The Morgan fingerprint density at radius 1 is 1.47 bits per heavy atom. The Labute approximate surface area is 121 Å². The summed E-state index contributed by atoms with van der Waals surface area (Å²) in [5.41, 5.74) is 0.545. The second-order valence-corrected chi connectivity index (χ2v) is 6.12. The zero-order chi connectivity index (χ0) is 13.2. The maximum Gasteiger partial charge on any atom is 0.159 e. The number of hydrogen-bond donors (Lipinski definition) is 1. The molecule has 0 amide bonds. The second-order valence-electron chi connectivity index (χ2n) is 4.75. The summed E-state index contributed by atoms with van der Waals surface area (Å²) >= 11 is 7.50. The third kappa shape index (κ3) is 3.22. The highest BCUT2D eigenvalue weighted by atomic mass is 35.5. The van der Waals surface area contributed by atoms with Crippen molar-refractivity contribution in [3.8, 4) is 0 Å². The molecule has 1 aromatic carbocycles. The van der Waals surface area contributed by atoms with Gasteiger partial charge in [0.2, 0.25) is 0 Å². The van der Waals surface area contributed by atoms with Crippen LogP contribution in [0.2, 0.25) is 5.02 Å². The van der Waals surface area contributed by atoms with Crippen LogP contribution in [0.5, 0.6) is 0 Å². The minimum absolute atomic E-state index is 0.254. The van der Waals surface area contributed by atoms with Crippen molar-refractivity contribution in [1.82, 2.24) is 10.2 Å². The van der Waals surface area contributed by atoms with Crippen LogP contribution >= 0.6 is 23.4 Å². The Morgan fingerprint density at radius 2 is 2.32 bits per heavy atom. The number of aliphatic imine (C=N–C) groups is 1. The summed E-state index contributed by atoms with van der Waals surface area (Å²) in [6.45, 7) is 1.58. The number of rotatable bonds is 3. The Balaban J connectivity index is 1.57. The highest BCUT2D eigenvalue weighted by Gasteiger charge is 2.30. The van der Waals surface area contributed by atoms with E-state index in [1.54, 1.807) is 12.1 Å². The van der Waals surface area contributed by atoms with E-state index in [0.29, 0.717) is 22.4 Å². The van der Waals surface area contributed by atoms with Crippen molar-refractivity contribution in [3.63, 3.8) is 0 Å². The van der Waals surface area contributed by atoms with Gasteiger partial charge in [-0.1, -0.05) is 29.4 Å². The summed E-state index contributed by atoms with van der Waals surface area (Å²) in [5, 5.41) is 4.62. The van der Waals surface area contributed by atoms with Gasteiger partial charge in [-0.25, -0.2) is 9.38 Å². The van der Waals surface area contributed by atoms with Gasteiger partial charge in [0.25, 0.3) is 0 Å². The molecular weight excluding hydrogens is 285 g/mol. The zero-order valence-corrected chi connectivity index (χ0v) is 12.0. The lowest BCUT2D eigenvalue weighted by Gasteiger charge is -2.26. The Kier molecular flexibility index (Phi) is 3.96. The summed E-state index contributed by atoms with van der Waals surface area (Å²) in [6.07, 6.45) is 2.56. The molecule has 3 rings (SSSR count). The first-order valence-corrected chi connectivity index (χ1v) is 7.68. The van der Waals surface area contributed by atoms with Gasteiger partial charge < -0.3 is 5.32 Å². The van der Waals surface area contributed by atoms with Gasteiger partial charge in [0, 0.05) is 22.4 Å². The molecule has 3 nitrogen and oxygen atoms in total. The molecule has 6 heteroatoms. The van der Waals surface area contributed by atoms with Gasteiger partial charge in [-0.2, -0.15) is 0 Å². The van der Waals surface area contributed by atoms with E-state index in [1.807, 2.05) is 0 Å². The standard InChI is InChI=1S/C13H15ClFN3S/c14-11-2-1-3-12(15)10(11)6-19-13-16-7-18(8-17-13)9-4-5-9/h1-3,9H,4-8H2,(H,16,17). The molecule has 1 fully saturated rings. The second kappa shape index (κ2) is 5.69. The van der Waals surface area contributed by atoms with Crippen LogP contribution in [0.1, 0.15) is 18.4 Å². The van der Waals surface area contributed by atoms with E-state index in [-0.39, 0.29) is 5.82 Å². The number of halogens is 2. The molecule has 19 heavy (non-hydrogen) atoms. The molecule has 0 atom stereocenters. The fourth-order valence-corrected chi connectivity index (χ4v) is 3.22. The number of amidine groups is 1. The lowest BCUT2D eigenvalue weighted by molar-refractivity contribution is 0.256. The highest BCUT2D eigenvalue weighted by Crippen LogP contribution is 2.28. The van der Waals surface area contributed by atoms with E-state index in [4.69, 9.17) is 11.6 Å². The highest BCUT2D eigenvalue weighted by molar-refractivity contribution is 8.13. The van der Waals surface area contributed by atoms with E-state index in [2.05, 4.69) is 15.2 Å². The van der Waals surface area contributed by atoms with E-state index >= 15 is 0 Å². The van der Waals surface area contributed by atoms with E-state index in [1.165, 1.54) is 30.7 Å². The minimum atomic E-state index is -0.254. The average Bonchev–Trinajstić information content (AvgIpc) is 3.23. The van der Waals surface area contributed by atoms with Gasteiger partial charge in [-0.05, 0) is 25.0 Å². The van der Waals surface area contributed by atoms with Gasteiger partial charge in [-0.15, -0.1) is 0 Å². The smallest absolute Gasteiger partial charge is 0.159 e. The molecule has 0 bridgehead atoms. The zero-order valence-electron chi connectivity index (χ0n) is 10.4. The predicted octanol–water partition coefficient (Wildman–Crippen LogP) is 3.05. The monoisotopic (exact) mass is 299 g/mol. The van der Waals surface area contributed by atoms with Crippen LogP contribution < -0.4 is 5.32 Å². The van der Waals surface area contributed by atoms with Crippen LogP contribution in [0.15, 0.2) is 23.2 Å². The molecule has 102 valence electrons. The Bertz CT molecular complexity index is 484. The topological polar surface area (TPSA) is 27.6 Å². The van der Waals surface area contributed by atoms with Crippen molar-refractivity contribution in [2.45, 2.75) is 24.6 Å². The lowest BCUT2D eigenvalue weighted by atomic mass is 10.2. The van der Waals surface area contributed by atoms with Crippen molar-refractivity contribution < 1.29 is 4.39 Å². The molecule has 1 aromatic rings. The molecule has 0 spiro atoms. The molecule has 0 saturated heterocycles. The lowest BCUT2D eigenvalue weighted by Crippen LogP contribution is -2.42. The largest absolute Gasteiger partial charge is 0.352 e. The molecule has 2 aliphatic rings. The fourth-order valence-electron chi connectivity index (χ4n) is 2.02. The minimum Gasteiger partial charge on any atom is -0.352 e. The Morgan fingerprint density at radius 3 is 2.95 bits per heavy atom. The van der Waals surface area contributed by atoms with E-state index in [9.17, 15) is 4.39 Å². The molecule has 0 aromatic heterocycles. The predicted molar refractivity (Wildman–Crippen MR) is 77.9 cm³/mol. The number of nitrogens with one attached hydrogen (secondary N) is 1. The first kappa shape index (κ1) is 13.2. The quantitative estimate of drug-likeness (QED) is 0.929. The van der Waals surface area contributed by atoms with Crippen molar-refractivity contribution in [2.24, 2.45) is 4.99 Å². The Hall–Kier alpha value is -0.780. The van der Waals surface area contributed by atoms with Gasteiger partial charge in [0.15, 0.2) is 5.17 Å². The molecule has 1 heterocycles. The third-order valence-electron chi connectivity index (χ3n) is 3.31. The number of nitrogens with zero attached hydrogens (tertiary/aromatic N) is 2. The SMILES string of the molecule is Fc1cccc(Cl)c1CSC1=NCN(C2CC2)CN1. The van der Waals surface area contributed by atoms with Crippen LogP contribution in [0.4, 0.5) is 4.39 Å². The first-order valence-electron chi connectivity index (χ1n) is 6.32. The number of benzene rings is 1. The van der Waals surface area contributed by atoms with Crippen LogP contribution in [0.25, 0.3) is 0 Å². The summed E-state index contributed by atoms with van der Waals surface area (Å²) in [6, 6.07) is 5.48. The average molecular weight is 300 g/mol. The first-order chi connectivity index (χ1) is 9.24. The molecule has 0 radical (unpaired) electrons. The summed E-state index contributed by atoms with van der Waals surface area (Å²) in [7, 11) is 0. The summed E-state index contributed by atoms with van der Waals surface area (Å²) in [4.78, 5) is 6.80. The maximum atomic E-state index is 13.6.